The van der Waals surface area contributed by atoms with Crippen LogP contribution in [0.4, 0.5) is 0 Å². The topological polar surface area (TPSA) is 59.1 Å². The highest BCUT2D eigenvalue weighted by Crippen LogP contribution is 2.37. The molecule has 6 nitrogen and oxygen atoms in total. The molecule has 0 aromatic heterocycles. The van der Waals surface area contributed by atoms with Crippen LogP contribution in [0.3, 0.4) is 0 Å². The van der Waals surface area contributed by atoms with Crippen LogP contribution in [0.25, 0.3) is 0 Å². The normalized spacial score (nSPS) is 18.3. The molecule has 2 saturated heterocycles. The molecule has 4 rings (SSSR count). The Balaban J connectivity index is 1.45. The third-order valence-corrected chi connectivity index (χ3v) is 6.72. The number of rotatable bonds is 6. The Morgan fingerprint density at radius 2 is 1.56 bits per heavy atom. The predicted molar refractivity (Wildman–Crippen MR) is 123 cm³/mol. The number of carbonyl (C=O) groups is 2. The van der Waals surface area contributed by atoms with Gasteiger partial charge in [0.25, 0.3) is 5.91 Å². The summed E-state index contributed by atoms with van der Waals surface area (Å²) < 4.78 is 11.5. The Morgan fingerprint density at radius 3 is 2.25 bits per heavy atom. The van der Waals surface area contributed by atoms with E-state index in [0.29, 0.717) is 75.8 Å². The molecule has 7 heteroatoms. The van der Waals surface area contributed by atoms with Crippen LogP contribution in [0, 0.1) is 5.41 Å². The lowest BCUT2D eigenvalue weighted by Crippen LogP contribution is -2.49. The van der Waals surface area contributed by atoms with Crippen LogP contribution in [0.5, 0.6) is 5.75 Å². The van der Waals surface area contributed by atoms with Gasteiger partial charge in [0.2, 0.25) is 5.91 Å². The molecule has 2 amide bonds. The predicted octanol–water partition coefficient (Wildman–Crippen LogP) is 3.89. The number of nitrogens with zero attached hydrogens (tertiary/aromatic N) is 2. The van der Waals surface area contributed by atoms with E-state index in [0.717, 1.165) is 5.75 Å². The van der Waals surface area contributed by atoms with E-state index in [1.165, 1.54) is 0 Å². The van der Waals surface area contributed by atoms with E-state index in [1.54, 1.807) is 12.1 Å². The first kappa shape index (κ1) is 22.6. The quantitative estimate of drug-likeness (QED) is 0.661. The Kier molecular flexibility index (Phi) is 7.33. The number of morpholine rings is 1. The van der Waals surface area contributed by atoms with Gasteiger partial charge in [0.05, 0.1) is 30.4 Å². The van der Waals surface area contributed by atoms with Crippen LogP contribution in [0.2, 0.25) is 5.02 Å². The van der Waals surface area contributed by atoms with E-state index in [1.807, 2.05) is 52.3 Å². The number of amides is 2. The van der Waals surface area contributed by atoms with Crippen LogP contribution in [-0.2, 0) is 9.53 Å². The van der Waals surface area contributed by atoms with Crippen LogP contribution in [0.1, 0.15) is 29.6 Å². The minimum absolute atomic E-state index is 0.0623. The summed E-state index contributed by atoms with van der Waals surface area (Å²) in [4.78, 5) is 29.8. The van der Waals surface area contributed by atoms with Gasteiger partial charge < -0.3 is 19.3 Å². The number of hydrogen-bond donors (Lipinski definition) is 0. The fourth-order valence-corrected chi connectivity index (χ4v) is 4.58. The maximum atomic E-state index is 13.1. The van der Waals surface area contributed by atoms with Crippen molar-refractivity contribution in [1.29, 1.82) is 0 Å². The molecule has 2 aliphatic rings. The van der Waals surface area contributed by atoms with Gasteiger partial charge in [0, 0.05) is 38.0 Å². The lowest BCUT2D eigenvalue weighted by atomic mass is 9.75. The molecule has 2 heterocycles. The van der Waals surface area contributed by atoms with Gasteiger partial charge in [0.15, 0.2) is 0 Å². The first-order valence-electron chi connectivity index (χ1n) is 11.1. The lowest BCUT2D eigenvalue weighted by molar-refractivity contribution is -0.139. The SMILES string of the molecule is O=C(CC1(COc2ccccc2)CCN(C(=O)c2ccccc2Cl)CC1)N1CCOCC1. The van der Waals surface area contributed by atoms with Crippen LogP contribution in [-0.4, -0.2) is 67.6 Å². The van der Waals surface area contributed by atoms with E-state index in [2.05, 4.69) is 0 Å². The second kappa shape index (κ2) is 10.4. The van der Waals surface area contributed by atoms with Crippen LogP contribution in [0.15, 0.2) is 54.6 Å². The zero-order valence-corrected chi connectivity index (χ0v) is 18.9. The first-order chi connectivity index (χ1) is 15.6. The third-order valence-electron chi connectivity index (χ3n) is 6.39. The summed E-state index contributed by atoms with van der Waals surface area (Å²) in [7, 11) is 0. The summed E-state index contributed by atoms with van der Waals surface area (Å²) in [6, 6.07) is 16.8. The van der Waals surface area contributed by atoms with Crippen molar-refractivity contribution in [2.75, 3.05) is 46.0 Å². The Bertz CT molecular complexity index is 923. The smallest absolute Gasteiger partial charge is 0.255 e. The molecule has 2 aromatic carbocycles. The van der Waals surface area contributed by atoms with Gasteiger partial charge in [-0.3, -0.25) is 9.59 Å². The molecule has 2 aromatic rings. The van der Waals surface area contributed by atoms with Gasteiger partial charge in [-0.25, -0.2) is 0 Å². The number of likely N-dealkylation sites (tertiary alicyclic amines) is 1. The minimum atomic E-state index is -0.317. The number of para-hydroxylation sites is 1. The van der Waals surface area contributed by atoms with E-state index < -0.39 is 0 Å². The Morgan fingerprint density at radius 1 is 0.906 bits per heavy atom. The highest BCUT2D eigenvalue weighted by Gasteiger charge is 2.40. The van der Waals surface area contributed by atoms with Crippen LogP contribution >= 0.6 is 11.6 Å². The molecule has 2 aliphatic heterocycles. The van der Waals surface area contributed by atoms with Crippen molar-refractivity contribution in [3.8, 4) is 5.75 Å². The molecule has 0 saturated carbocycles. The second-order valence-electron chi connectivity index (χ2n) is 8.54. The van der Waals surface area contributed by atoms with Crippen molar-refractivity contribution in [3.63, 3.8) is 0 Å². The minimum Gasteiger partial charge on any atom is -0.493 e. The number of carbonyl (C=O) groups excluding carboxylic acids is 2. The lowest BCUT2D eigenvalue weighted by Gasteiger charge is -2.42. The van der Waals surface area contributed by atoms with Crippen molar-refractivity contribution in [2.24, 2.45) is 5.41 Å². The maximum Gasteiger partial charge on any atom is 0.255 e. The Hall–Kier alpha value is -2.57. The van der Waals surface area contributed by atoms with Gasteiger partial charge in [-0.2, -0.15) is 0 Å². The van der Waals surface area contributed by atoms with E-state index >= 15 is 0 Å². The summed E-state index contributed by atoms with van der Waals surface area (Å²) in [5.41, 5.74) is 0.203. The average Bonchev–Trinajstić information content (AvgIpc) is 2.84. The maximum absolute atomic E-state index is 13.1. The van der Waals surface area contributed by atoms with E-state index in [9.17, 15) is 9.59 Å². The summed E-state index contributed by atoms with van der Waals surface area (Å²) in [5, 5.41) is 0.462. The van der Waals surface area contributed by atoms with Crippen molar-refractivity contribution >= 4 is 23.4 Å². The molecule has 0 aliphatic carbocycles. The molecule has 0 atom stereocenters. The van der Waals surface area contributed by atoms with Gasteiger partial charge >= 0.3 is 0 Å². The fraction of sp³-hybridized carbons (Fsp3) is 0.440. The van der Waals surface area contributed by atoms with E-state index in [4.69, 9.17) is 21.1 Å². The number of ether oxygens (including phenoxy) is 2. The Labute approximate surface area is 194 Å². The second-order valence-corrected chi connectivity index (χ2v) is 8.95. The number of benzene rings is 2. The molecule has 0 N–H and O–H groups in total. The van der Waals surface area contributed by atoms with Crippen molar-refractivity contribution in [3.05, 3.63) is 65.2 Å². The van der Waals surface area contributed by atoms with Gasteiger partial charge in [-0.15, -0.1) is 0 Å². The van der Waals surface area contributed by atoms with Gasteiger partial charge in [-0.1, -0.05) is 41.9 Å². The third kappa shape index (κ3) is 5.43. The summed E-state index contributed by atoms with van der Waals surface area (Å²) in [5.74, 6) is 0.865. The monoisotopic (exact) mass is 456 g/mol. The van der Waals surface area contributed by atoms with Crippen molar-refractivity contribution < 1.29 is 19.1 Å². The highest BCUT2D eigenvalue weighted by molar-refractivity contribution is 6.33. The molecular weight excluding hydrogens is 428 g/mol. The zero-order valence-electron chi connectivity index (χ0n) is 18.2. The number of halogens is 1. The van der Waals surface area contributed by atoms with Gasteiger partial charge in [0.1, 0.15) is 5.75 Å². The molecule has 2 fully saturated rings. The van der Waals surface area contributed by atoms with Crippen molar-refractivity contribution in [2.45, 2.75) is 19.3 Å². The fourth-order valence-electron chi connectivity index (χ4n) is 4.36. The molecule has 32 heavy (non-hydrogen) atoms. The summed E-state index contributed by atoms with van der Waals surface area (Å²) >= 11 is 6.24. The molecule has 0 unspecified atom stereocenters. The first-order valence-corrected chi connectivity index (χ1v) is 11.5. The van der Waals surface area contributed by atoms with Crippen molar-refractivity contribution in [1.82, 2.24) is 9.80 Å². The summed E-state index contributed by atoms with van der Waals surface area (Å²) in [6.45, 7) is 4.01. The largest absolute Gasteiger partial charge is 0.493 e. The van der Waals surface area contributed by atoms with Crippen LogP contribution < -0.4 is 4.74 Å². The average molecular weight is 457 g/mol. The molecule has 0 radical (unpaired) electrons. The molecule has 170 valence electrons. The zero-order chi connectivity index (χ0) is 22.4. The standard InChI is InChI=1S/C25H29ClN2O4/c26-22-9-5-4-8-21(22)24(30)28-12-10-25(11-13-28,19-32-20-6-2-1-3-7-20)18-23(29)27-14-16-31-17-15-27/h1-9H,10-19H2. The molecule has 0 spiro atoms. The number of piperidine rings is 1. The summed E-state index contributed by atoms with van der Waals surface area (Å²) in [6.07, 6.45) is 1.81. The molecule has 0 bridgehead atoms. The van der Waals surface area contributed by atoms with E-state index in [-0.39, 0.29) is 17.2 Å². The van der Waals surface area contributed by atoms with Gasteiger partial charge in [-0.05, 0) is 37.1 Å². The molecular formula is C25H29ClN2O4. The highest BCUT2D eigenvalue weighted by atomic mass is 35.5. The number of hydrogen-bond acceptors (Lipinski definition) is 4.